The molecule has 2 aromatic heterocycles. The topological polar surface area (TPSA) is 139 Å². The van der Waals surface area contributed by atoms with Gasteiger partial charge in [0.2, 0.25) is 5.91 Å². The Morgan fingerprint density at radius 2 is 1.51 bits per heavy atom. The van der Waals surface area contributed by atoms with Gasteiger partial charge in [0.05, 0.1) is 18.1 Å². The summed E-state index contributed by atoms with van der Waals surface area (Å²) in [6, 6.07) is 17.6. The maximum absolute atomic E-state index is 13.3. The fourth-order valence-electron chi connectivity index (χ4n) is 5.29. The number of ketones is 1. The number of aromatic nitrogens is 2. The van der Waals surface area contributed by atoms with Gasteiger partial charge in [-0.1, -0.05) is 89.8 Å². The van der Waals surface area contributed by atoms with Crippen molar-refractivity contribution in [1.29, 1.82) is 0 Å². The lowest BCUT2D eigenvalue weighted by molar-refractivity contribution is -0.143. The van der Waals surface area contributed by atoms with Crippen LogP contribution in [0.25, 0.3) is 22.5 Å². The molecule has 260 valence electrons. The maximum Gasteiger partial charge on any atom is 0.328 e. The molecule has 2 aromatic carbocycles. The second-order valence-electron chi connectivity index (χ2n) is 13.3. The van der Waals surface area contributed by atoms with Gasteiger partial charge >= 0.3 is 5.97 Å². The first kappa shape index (κ1) is 37.4. The van der Waals surface area contributed by atoms with Gasteiger partial charge in [0, 0.05) is 40.7 Å². The van der Waals surface area contributed by atoms with Crippen LogP contribution in [-0.2, 0) is 21.4 Å². The number of carbonyl (C=O) groups excluding carboxylic acids is 2. The van der Waals surface area contributed by atoms with E-state index in [2.05, 4.69) is 43.0 Å². The van der Waals surface area contributed by atoms with Crippen LogP contribution in [0.2, 0.25) is 0 Å². The number of carboxylic acid groups (broad SMARTS) is 1. The predicted molar refractivity (Wildman–Crippen MR) is 193 cm³/mol. The van der Waals surface area contributed by atoms with Crippen molar-refractivity contribution in [1.82, 2.24) is 15.3 Å². The van der Waals surface area contributed by atoms with E-state index in [1.165, 1.54) is 37.0 Å². The van der Waals surface area contributed by atoms with Crippen LogP contribution in [0.5, 0.6) is 5.75 Å². The number of aliphatic hydroxyl groups excluding tert-OH is 1. The molecule has 10 heteroatoms. The number of nitrogens with zero attached hydrogens (tertiary/aromatic N) is 2. The lowest BCUT2D eigenvalue weighted by atomic mass is 9.92. The van der Waals surface area contributed by atoms with E-state index < -0.39 is 30.4 Å². The van der Waals surface area contributed by atoms with Crippen LogP contribution in [0, 0.1) is 5.92 Å². The van der Waals surface area contributed by atoms with Crippen LogP contribution < -0.4 is 10.1 Å². The minimum absolute atomic E-state index is 0.105. The summed E-state index contributed by atoms with van der Waals surface area (Å²) in [7, 11) is 0. The van der Waals surface area contributed by atoms with Crippen LogP contribution in [0.15, 0.2) is 73.1 Å². The van der Waals surface area contributed by atoms with E-state index in [1.807, 2.05) is 54.6 Å². The summed E-state index contributed by atoms with van der Waals surface area (Å²) in [6.07, 6.45) is 9.64. The highest BCUT2D eigenvalue weighted by atomic mass is 32.1. The van der Waals surface area contributed by atoms with Crippen molar-refractivity contribution >= 4 is 29.0 Å². The number of amides is 1. The molecule has 0 aliphatic carbocycles. The number of aliphatic hydroxyl groups is 1. The number of nitrogens with one attached hydrogen (secondary N) is 1. The first-order valence-corrected chi connectivity index (χ1v) is 17.7. The molecule has 0 unspecified atom stereocenters. The average molecular weight is 686 g/mol. The number of ether oxygens (including phenoxy) is 1. The van der Waals surface area contributed by atoms with Gasteiger partial charge < -0.3 is 20.3 Å². The van der Waals surface area contributed by atoms with Crippen LogP contribution >= 0.6 is 11.3 Å². The van der Waals surface area contributed by atoms with E-state index in [1.54, 1.807) is 18.5 Å². The molecule has 1 amide bonds. The van der Waals surface area contributed by atoms with Crippen molar-refractivity contribution in [3.05, 3.63) is 88.4 Å². The Kier molecular flexibility index (Phi) is 13.6. The highest BCUT2D eigenvalue weighted by Crippen LogP contribution is 2.31. The summed E-state index contributed by atoms with van der Waals surface area (Å²) < 4.78 is 5.88. The summed E-state index contributed by atoms with van der Waals surface area (Å²) in [4.78, 5) is 48.8. The monoisotopic (exact) mass is 685 g/mol. The summed E-state index contributed by atoms with van der Waals surface area (Å²) in [5.74, 6) is -1.60. The molecular formula is C39H47N3O6S. The third-order valence-electron chi connectivity index (χ3n) is 8.27. The van der Waals surface area contributed by atoms with E-state index in [9.17, 15) is 24.6 Å². The smallest absolute Gasteiger partial charge is 0.328 e. The van der Waals surface area contributed by atoms with Crippen molar-refractivity contribution < 1.29 is 29.3 Å². The number of carbonyl (C=O) groups is 3. The van der Waals surface area contributed by atoms with Crippen LogP contribution in [-0.4, -0.2) is 57.1 Å². The Morgan fingerprint density at radius 3 is 2.10 bits per heavy atom. The van der Waals surface area contributed by atoms with Crippen molar-refractivity contribution in [3.8, 4) is 28.3 Å². The molecule has 0 saturated heterocycles. The molecule has 4 rings (SSSR count). The van der Waals surface area contributed by atoms with Crippen LogP contribution in [0.4, 0.5) is 0 Å². The van der Waals surface area contributed by atoms with Gasteiger partial charge in [0.25, 0.3) is 0 Å². The zero-order valence-electron chi connectivity index (χ0n) is 28.8. The fraction of sp³-hybridized carbons (Fsp3) is 0.410. The quantitative estimate of drug-likeness (QED) is 0.0723. The second kappa shape index (κ2) is 17.8. The largest absolute Gasteiger partial charge is 0.494 e. The summed E-state index contributed by atoms with van der Waals surface area (Å²) >= 11 is 1.40. The lowest BCUT2D eigenvalue weighted by Gasteiger charge is -2.19. The van der Waals surface area contributed by atoms with Gasteiger partial charge in [0.15, 0.2) is 11.6 Å². The number of rotatable bonds is 18. The molecule has 4 aromatic rings. The summed E-state index contributed by atoms with van der Waals surface area (Å²) in [5.41, 5.74) is 3.33. The first-order chi connectivity index (χ1) is 23.5. The molecule has 0 aliphatic rings. The Bertz CT molecular complexity index is 1660. The molecule has 0 bridgehead atoms. The van der Waals surface area contributed by atoms with E-state index in [0.717, 1.165) is 39.3 Å². The SMILES string of the molecule is CCCCCCCOc1ccc(-c2cnc(-c3ccc(C[C@H](CC(=O)c4ccc(C(C)(C)C)s4)C(=O)N[C@@H](CO)C(=O)O)cc3)nc2)cc1. The van der Waals surface area contributed by atoms with E-state index in [0.29, 0.717) is 17.3 Å². The number of Topliss-reactive ketones (excluding diaryl/α,β-unsaturated/α-hetero) is 1. The Balaban J connectivity index is 1.41. The highest BCUT2D eigenvalue weighted by Gasteiger charge is 2.28. The van der Waals surface area contributed by atoms with Crippen molar-refractivity contribution in [2.45, 2.75) is 84.1 Å². The number of hydrogen-bond donors (Lipinski definition) is 3. The number of benzene rings is 2. The normalized spacial score (nSPS) is 12.7. The Hall–Kier alpha value is -4.41. The first-order valence-electron chi connectivity index (χ1n) is 16.9. The van der Waals surface area contributed by atoms with E-state index in [-0.39, 0.29) is 24.0 Å². The molecule has 3 N–H and O–H groups in total. The molecule has 2 atom stereocenters. The standard InChI is InChI=1S/C39H47N3O6S/c1-5-6-7-8-9-20-48-31-16-14-27(15-17-31)30-23-40-36(41-24-30)28-12-10-26(11-13-28)21-29(37(45)42-32(25-43)38(46)47)22-33(44)34-18-19-35(49-34)39(2,3)4/h10-19,23-24,29,32,43H,5-9,20-22,25H2,1-4H3,(H,42,45)(H,46,47)/t29-,32+/m1/s1. The number of aliphatic carboxylic acids is 1. The molecule has 0 spiro atoms. The van der Waals surface area contributed by atoms with Gasteiger partial charge in [-0.2, -0.15) is 0 Å². The van der Waals surface area contributed by atoms with Gasteiger partial charge in [-0.3, -0.25) is 9.59 Å². The number of hydrogen-bond acceptors (Lipinski definition) is 8. The minimum atomic E-state index is -1.46. The van der Waals surface area contributed by atoms with Crippen LogP contribution in [0.1, 0.15) is 86.3 Å². The Labute approximate surface area is 292 Å². The van der Waals surface area contributed by atoms with Gasteiger partial charge in [-0.15, -0.1) is 11.3 Å². The zero-order chi connectivity index (χ0) is 35.4. The Morgan fingerprint density at radius 1 is 0.857 bits per heavy atom. The average Bonchev–Trinajstić information content (AvgIpc) is 3.61. The summed E-state index contributed by atoms with van der Waals surface area (Å²) in [5, 5.41) is 21.2. The molecule has 0 radical (unpaired) electrons. The van der Waals surface area contributed by atoms with Gasteiger partial charge in [0.1, 0.15) is 11.8 Å². The van der Waals surface area contributed by atoms with Crippen molar-refractivity contribution in [2.75, 3.05) is 13.2 Å². The third-order valence-corrected chi connectivity index (χ3v) is 9.82. The highest BCUT2D eigenvalue weighted by molar-refractivity contribution is 7.14. The van der Waals surface area contributed by atoms with E-state index in [4.69, 9.17) is 4.74 Å². The van der Waals surface area contributed by atoms with Crippen molar-refractivity contribution in [3.63, 3.8) is 0 Å². The fourth-order valence-corrected chi connectivity index (χ4v) is 6.30. The predicted octanol–water partition coefficient (Wildman–Crippen LogP) is 7.51. The lowest BCUT2D eigenvalue weighted by Crippen LogP contribution is -2.46. The number of thiophene rings is 1. The van der Waals surface area contributed by atoms with Gasteiger partial charge in [-0.25, -0.2) is 14.8 Å². The molecule has 49 heavy (non-hydrogen) atoms. The second-order valence-corrected chi connectivity index (χ2v) is 14.4. The van der Waals surface area contributed by atoms with Crippen molar-refractivity contribution in [2.24, 2.45) is 5.92 Å². The maximum atomic E-state index is 13.3. The van der Waals surface area contributed by atoms with Gasteiger partial charge in [-0.05, 0) is 53.6 Å². The molecule has 0 saturated carbocycles. The molecule has 2 heterocycles. The molecule has 0 aliphatic heterocycles. The number of unbranched alkanes of at least 4 members (excludes halogenated alkanes) is 4. The van der Waals surface area contributed by atoms with E-state index >= 15 is 0 Å². The molecular weight excluding hydrogens is 639 g/mol. The molecule has 0 fully saturated rings. The van der Waals surface area contributed by atoms with Crippen LogP contribution in [0.3, 0.4) is 0 Å². The summed E-state index contributed by atoms with van der Waals surface area (Å²) in [6.45, 7) is 8.37. The zero-order valence-corrected chi connectivity index (χ0v) is 29.6. The third kappa shape index (κ3) is 11.1. The number of carboxylic acids is 1. The minimum Gasteiger partial charge on any atom is -0.494 e. The molecule has 9 nitrogen and oxygen atoms in total.